The number of anilines is 2. The standard InChI is InChI=1S/C27H24ClN3O6/c1-3-36-24-14-17(12-18(15-29)27(34)30-19-8-10-20(32)11-9-19)13-21(28)26(24)37-16-25(33)31-22-6-4-5-7-23(22)35-2/h4-14,32H,3,16H2,1-2H3,(H,30,34)(H,31,33)/b18-12+. The van der Waals surface area contributed by atoms with Gasteiger partial charge in [-0.1, -0.05) is 23.7 Å². The minimum atomic E-state index is -0.643. The van der Waals surface area contributed by atoms with Gasteiger partial charge in [-0.2, -0.15) is 5.26 Å². The number of hydrogen-bond acceptors (Lipinski definition) is 7. The van der Waals surface area contributed by atoms with Crippen LogP contribution in [-0.4, -0.2) is 37.2 Å². The van der Waals surface area contributed by atoms with Crippen LogP contribution in [0.3, 0.4) is 0 Å². The number of aromatic hydroxyl groups is 1. The van der Waals surface area contributed by atoms with Crippen LogP contribution in [0.2, 0.25) is 5.02 Å². The zero-order valence-electron chi connectivity index (χ0n) is 20.1. The maximum absolute atomic E-state index is 12.6. The third-order valence-electron chi connectivity index (χ3n) is 4.86. The number of amides is 2. The molecule has 0 saturated carbocycles. The lowest BCUT2D eigenvalue weighted by Crippen LogP contribution is -2.21. The van der Waals surface area contributed by atoms with Gasteiger partial charge in [0.2, 0.25) is 0 Å². The van der Waals surface area contributed by atoms with Gasteiger partial charge in [-0.15, -0.1) is 0 Å². The van der Waals surface area contributed by atoms with Crippen molar-refractivity contribution in [2.24, 2.45) is 0 Å². The Morgan fingerprint density at radius 1 is 1.05 bits per heavy atom. The van der Waals surface area contributed by atoms with Gasteiger partial charge >= 0.3 is 0 Å². The monoisotopic (exact) mass is 521 g/mol. The predicted molar refractivity (Wildman–Crippen MR) is 140 cm³/mol. The summed E-state index contributed by atoms with van der Waals surface area (Å²) in [5.74, 6) is -0.153. The molecule has 10 heteroatoms. The zero-order chi connectivity index (χ0) is 26.8. The van der Waals surface area contributed by atoms with Gasteiger partial charge in [0.05, 0.1) is 24.4 Å². The number of carbonyl (C=O) groups is 2. The molecule has 9 nitrogen and oxygen atoms in total. The van der Waals surface area contributed by atoms with E-state index in [1.54, 1.807) is 37.3 Å². The summed E-state index contributed by atoms with van der Waals surface area (Å²) in [7, 11) is 1.50. The summed E-state index contributed by atoms with van der Waals surface area (Å²) in [6.07, 6.45) is 1.35. The van der Waals surface area contributed by atoms with E-state index in [0.29, 0.717) is 22.7 Å². The average molecular weight is 522 g/mol. The number of nitrogens with one attached hydrogen (secondary N) is 2. The summed E-state index contributed by atoms with van der Waals surface area (Å²) in [6, 6.07) is 17.7. The summed E-state index contributed by atoms with van der Waals surface area (Å²) in [5, 5.41) is 24.3. The van der Waals surface area contributed by atoms with Crippen LogP contribution in [0.25, 0.3) is 6.08 Å². The Hall–Kier alpha value is -4.68. The van der Waals surface area contributed by atoms with E-state index in [1.165, 1.54) is 43.5 Å². The second kappa shape index (κ2) is 12.9. The Morgan fingerprint density at radius 2 is 1.78 bits per heavy atom. The van der Waals surface area contributed by atoms with Crippen LogP contribution in [0.15, 0.2) is 66.2 Å². The van der Waals surface area contributed by atoms with Gasteiger partial charge in [0.25, 0.3) is 11.8 Å². The molecule has 3 rings (SSSR count). The number of phenolic OH excluding ortho intramolecular Hbond substituents is 1. The Morgan fingerprint density at radius 3 is 2.46 bits per heavy atom. The molecule has 37 heavy (non-hydrogen) atoms. The Balaban J connectivity index is 1.77. The fourth-order valence-electron chi connectivity index (χ4n) is 3.20. The van der Waals surface area contributed by atoms with Crippen LogP contribution in [0, 0.1) is 11.3 Å². The fraction of sp³-hybridized carbons (Fsp3) is 0.148. The molecule has 0 aliphatic carbocycles. The lowest BCUT2D eigenvalue weighted by Gasteiger charge is -2.15. The molecule has 0 aliphatic rings. The molecule has 3 aromatic carbocycles. The highest BCUT2D eigenvalue weighted by molar-refractivity contribution is 6.32. The first kappa shape index (κ1) is 26.9. The molecule has 2 amide bonds. The molecule has 0 fully saturated rings. The highest BCUT2D eigenvalue weighted by atomic mass is 35.5. The number of hydrogen-bond donors (Lipinski definition) is 3. The zero-order valence-corrected chi connectivity index (χ0v) is 20.8. The molecule has 0 heterocycles. The molecular weight excluding hydrogens is 498 g/mol. The van der Waals surface area contributed by atoms with Crippen LogP contribution >= 0.6 is 11.6 Å². The van der Waals surface area contributed by atoms with Crippen LogP contribution in [0.1, 0.15) is 12.5 Å². The van der Waals surface area contributed by atoms with Gasteiger partial charge in [-0.3, -0.25) is 9.59 Å². The Kier molecular flexibility index (Phi) is 9.35. The molecule has 0 radical (unpaired) electrons. The number of benzene rings is 3. The number of rotatable bonds is 10. The quantitative estimate of drug-likeness (QED) is 0.194. The van der Waals surface area contributed by atoms with E-state index in [9.17, 15) is 20.0 Å². The fourth-order valence-corrected chi connectivity index (χ4v) is 3.48. The minimum absolute atomic E-state index is 0.0479. The summed E-state index contributed by atoms with van der Waals surface area (Å²) in [6.45, 7) is 1.69. The topological polar surface area (TPSA) is 130 Å². The summed E-state index contributed by atoms with van der Waals surface area (Å²) in [4.78, 5) is 25.0. The average Bonchev–Trinajstić information content (AvgIpc) is 2.88. The van der Waals surface area contributed by atoms with Crippen LogP contribution in [0.5, 0.6) is 23.0 Å². The Bertz CT molecular complexity index is 1350. The maximum Gasteiger partial charge on any atom is 0.266 e. The highest BCUT2D eigenvalue weighted by Crippen LogP contribution is 2.37. The lowest BCUT2D eigenvalue weighted by molar-refractivity contribution is -0.118. The van der Waals surface area contributed by atoms with Crippen molar-refractivity contribution >= 4 is 40.9 Å². The second-order valence-corrected chi connectivity index (χ2v) is 7.88. The summed E-state index contributed by atoms with van der Waals surface area (Å²) >= 11 is 6.42. The molecule has 0 spiro atoms. The maximum atomic E-state index is 12.6. The highest BCUT2D eigenvalue weighted by Gasteiger charge is 2.16. The molecular formula is C27H24ClN3O6. The smallest absolute Gasteiger partial charge is 0.266 e. The van der Waals surface area contributed by atoms with Crippen LogP contribution in [-0.2, 0) is 9.59 Å². The number of carbonyl (C=O) groups excluding carboxylic acids is 2. The SMILES string of the molecule is CCOc1cc(/C=C(\C#N)C(=O)Nc2ccc(O)cc2)cc(Cl)c1OCC(=O)Nc1ccccc1OC. The van der Waals surface area contributed by atoms with Crippen molar-refractivity contribution in [2.45, 2.75) is 6.92 Å². The van der Waals surface area contributed by atoms with Crippen molar-refractivity contribution in [1.82, 2.24) is 0 Å². The molecule has 0 bridgehead atoms. The number of methoxy groups -OCH3 is 1. The second-order valence-electron chi connectivity index (χ2n) is 7.47. The first-order valence-corrected chi connectivity index (χ1v) is 11.5. The number of halogens is 1. The predicted octanol–water partition coefficient (Wildman–Crippen LogP) is 5.02. The molecule has 0 atom stereocenters. The number of nitrogens with zero attached hydrogens (tertiary/aromatic N) is 1. The van der Waals surface area contributed by atoms with Gasteiger partial charge in [0, 0.05) is 5.69 Å². The van der Waals surface area contributed by atoms with Gasteiger partial charge in [0.15, 0.2) is 18.1 Å². The van der Waals surface area contributed by atoms with Crippen LogP contribution in [0.4, 0.5) is 11.4 Å². The van der Waals surface area contributed by atoms with E-state index < -0.39 is 11.8 Å². The Labute approximate surface area is 218 Å². The third-order valence-corrected chi connectivity index (χ3v) is 5.14. The van der Waals surface area contributed by atoms with Gasteiger partial charge in [0.1, 0.15) is 23.1 Å². The molecule has 0 saturated heterocycles. The third kappa shape index (κ3) is 7.40. The van der Waals surface area contributed by atoms with Crippen molar-refractivity contribution < 1.29 is 28.9 Å². The van der Waals surface area contributed by atoms with Crippen molar-refractivity contribution in [3.05, 3.63) is 76.8 Å². The normalized spacial score (nSPS) is 10.7. The summed E-state index contributed by atoms with van der Waals surface area (Å²) < 4.78 is 16.5. The molecule has 0 unspecified atom stereocenters. The number of ether oxygens (including phenoxy) is 3. The van der Waals surface area contributed by atoms with Crippen molar-refractivity contribution in [3.8, 4) is 29.1 Å². The lowest BCUT2D eigenvalue weighted by atomic mass is 10.1. The van der Waals surface area contributed by atoms with E-state index in [2.05, 4.69) is 10.6 Å². The van der Waals surface area contributed by atoms with Crippen LogP contribution < -0.4 is 24.8 Å². The van der Waals surface area contributed by atoms with Gasteiger partial charge in [-0.05, 0) is 67.1 Å². The van der Waals surface area contributed by atoms with Crippen molar-refractivity contribution in [3.63, 3.8) is 0 Å². The number of phenols is 1. The molecule has 0 aromatic heterocycles. The van der Waals surface area contributed by atoms with Crippen molar-refractivity contribution in [2.75, 3.05) is 31.0 Å². The first-order chi connectivity index (χ1) is 17.8. The molecule has 190 valence electrons. The first-order valence-electron chi connectivity index (χ1n) is 11.1. The van der Waals surface area contributed by atoms with E-state index in [4.69, 9.17) is 25.8 Å². The molecule has 0 aliphatic heterocycles. The van der Waals surface area contributed by atoms with E-state index in [1.807, 2.05) is 6.07 Å². The number of nitriles is 1. The number of para-hydroxylation sites is 2. The molecule has 3 N–H and O–H groups in total. The summed E-state index contributed by atoms with van der Waals surface area (Å²) in [5.41, 5.74) is 1.13. The van der Waals surface area contributed by atoms with Gasteiger partial charge in [-0.25, -0.2) is 0 Å². The van der Waals surface area contributed by atoms with Gasteiger partial charge < -0.3 is 30.0 Å². The largest absolute Gasteiger partial charge is 0.508 e. The van der Waals surface area contributed by atoms with E-state index in [0.717, 1.165) is 0 Å². The van der Waals surface area contributed by atoms with Crippen molar-refractivity contribution in [1.29, 1.82) is 5.26 Å². The van der Waals surface area contributed by atoms with E-state index >= 15 is 0 Å². The molecule has 3 aromatic rings. The van der Waals surface area contributed by atoms with E-state index in [-0.39, 0.29) is 41.1 Å². The minimum Gasteiger partial charge on any atom is -0.508 e.